The molecular formula is C23H28ClN3O4S. The maximum Gasteiger partial charge on any atom is 0.327 e. The zero-order valence-electron chi connectivity index (χ0n) is 18.6. The van der Waals surface area contributed by atoms with E-state index in [-0.39, 0.29) is 18.1 Å². The Morgan fingerprint density at radius 3 is 2.62 bits per heavy atom. The van der Waals surface area contributed by atoms with Gasteiger partial charge in [-0.15, -0.1) is 10.2 Å². The first-order valence-corrected chi connectivity index (χ1v) is 12.2. The molecule has 2 heterocycles. The van der Waals surface area contributed by atoms with E-state index in [4.69, 9.17) is 21.1 Å². The van der Waals surface area contributed by atoms with Crippen molar-refractivity contribution < 1.29 is 19.1 Å². The molecule has 0 spiro atoms. The van der Waals surface area contributed by atoms with Crippen LogP contribution in [0.1, 0.15) is 49.9 Å². The van der Waals surface area contributed by atoms with E-state index in [1.54, 1.807) is 11.7 Å². The molecule has 2 aromatic rings. The number of nitrogens with zero attached hydrogens (tertiary/aromatic N) is 3. The number of thioether (sulfide) groups is 1. The third-order valence-corrected chi connectivity index (χ3v) is 8.26. The molecule has 1 aliphatic carbocycles. The zero-order valence-corrected chi connectivity index (χ0v) is 20.2. The number of benzene rings is 1. The molecule has 4 rings (SSSR count). The predicted octanol–water partition coefficient (Wildman–Crippen LogP) is 4.32. The summed E-state index contributed by atoms with van der Waals surface area (Å²) in [5, 5.41) is 8.29. The number of halogens is 1. The number of cyclic esters (lactones) is 1. The molecular weight excluding hydrogens is 450 g/mol. The Kier molecular flexibility index (Phi) is 6.81. The minimum Gasteiger partial charge on any atom is -0.495 e. The lowest BCUT2D eigenvalue weighted by Gasteiger charge is -2.42. The van der Waals surface area contributed by atoms with Gasteiger partial charge >= 0.3 is 5.97 Å². The number of aromatic nitrogens is 3. The zero-order chi connectivity index (χ0) is 22.9. The SMILES string of the molecule is COc1ccc(CCC2(C3CCCC3)CC(=O)C(Sc3nnc(C)n3C)C(=O)O2)cc1Cl. The van der Waals surface area contributed by atoms with Crippen LogP contribution in [0.25, 0.3) is 0 Å². The summed E-state index contributed by atoms with van der Waals surface area (Å²) in [6.45, 7) is 1.83. The lowest BCUT2D eigenvalue weighted by atomic mass is 9.76. The molecule has 0 bridgehead atoms. The Bertz CT molecular complexity index is 1000. The number of rotatable bonds is 7. The molecule has 2 atom stereocenters. The van der Waals surface area contributed by atoms with Gasteiger partial charge in [0.05, 0.1) is 12.1 Å². The fraction of sp³-hybridized carbons (Fsp3) is 0.565. The maximum absolute atomic E-state index is 13.2. The number of hydrogen-bond acceptors (Lipinski definition) is 7. The van der Waals surface area contributed by atoms with Crippen molar-refractivity contribution in [2.75, 3.05) is 7.11 Å². The second-order valence-electron chi connectivity index (χ2n) is 8.67. The quantitative estimate of drug-likeness (QED) is 0.433. The third-order valence-electron chi connectivity index (χ3n) is 6.71. The lowest BCUT2D eigenvalue weighted by Crippen LogP contribution is -2.53. The van der Waals surface area contributed by atoms with Crippen LogP contribution in [-0.2, 0) is 27.8 Å². The molecule has 32 heavy (non-hydrogen) atoms. The Morgan fingerprint density at radius 2 is 2.03 bits per heavy atom. The second kappa shape index (κ2) is 9.43. The monoisotopic (exact) mass is 477 g/mol. The molecule has 9 heteroatoms. The largest absolute Gasteiger partial charge is 0.495 e. The number of carbonyl (C=O) groups is 2. The highest BCUT2D eigenvalue weighted by Gasteiger charge is 2.52. The van der Waals surface area contributed by atoms with Crippen molar-refractivity contribution in [1.82, 2.24) is 14.8 Å². The van der Waals surface area contributed by atoms with Crippen molar-refractivity contribution in [1.29, 1.82) is 0 Å². The van der Waals surface area contributed by atoms with Crippen molar-refractivity contribution in [3.05, 3.63) is 34.6 Å². The molecule has 1 aliphatic heterocycles. The summed E-state index contributed by atoms with van der Waals surface area (Å²) in [6.07, 6.45) is 5.65. The molecule has 0 amide bonds. The highest BCUT2D eigenvalue weighted by atomic mass is 35.5. The Morgan fingerprint density at radius 1 is 1.28 bits per heavy atom. The number of hydrogen-bond donors (Lipinski definition) is 0. The molecule has 1 saturated heterocycles. The average Bonchev–Trinajstić information content (AvgIpc) is 3.41. The van der Waals surface area contributed by atoms with Crippen LogP contribution in [0.3, 0.4) is 0 Å². The van der Waals surface area contributed by atoms with Gasteiger partial charge in [-0.2, -0.15) is 0 Å². The van der Waals surface area contributed by atoms with E-state index in [1.807, 2.05) is 32.2 Å². The van der Waals surface area contributed by atoms with E-state index in [1.165, 1.54) is 0 Å². The summed E-state index contributed by atoms with van der Waals surface area (Å²) in [7, 11) is 3.40. The van der Waals surface area contributed by atoms with Crippen LogP contribution < -0.4 is 4.74 Å². The first kappa shape index (κ1) is 23.1. The van der Waals surface area contributed by atoms with E-state index in [0.717, 1.165) is 48.8 Å². The van der Waals surface area contributed by atoms with Crippen LogP contribution >= 0.6 is 23.4 Å². The van der Waals surface area contributed by atoms with Gasteiger partial charge < -0.3 is 14.0 Å². The van der Waals surface area contributed by atoms with Gasteiger partial charge in [0.2, 0.25) is 0 Å². The molecule has 1 aromatic carbocycles. The van der Waals surface area contributed by atoms with E-state index in [9.17, 15) is 9.59 Å². The van der Waals surface area contributed by atoms with Gasteiger partial charge in [0.15, 0.2) is 16.2 Å². The maximum atomic E-state index is 13.2. The van der Waals surface area contributed by atoms with Gasteiger partial charge in [0.1, 0.15) is 17.2 Å². The number of esters is 1. The topological polar surface area (TPSA) is 83.3 Å². The van der Waals surface area contributed by atoms with Crippen LogP contribution in [0.4, 0.5) is 0 Å². The van der Waals surface area contributed by atoms with Crippen molar-refractivity contribution in [2.45, 2.75) is 67.9 Å². The Labute approximate surface area is 197 Å². The molecule has 172 valence electrons. The van der Waals surface area contributed by atoms with Crippen LogP contribution in [0, 0.1) is 12.8 Å². The van der Waals surface area contributed by atoms with Crippen molar-refractivity contribution in [3.8, 4) is 5.75 Å². The molecule has 2 fully saturated rings. The first-order chi connectivity index (χ1) is 15.3. The van der Waals surface area contributed by atoms with Crippen molar-refractivity contribution >= 4 is 35.1 Å². The van der Waals surface area contributed by atoms with Crippen molar-refractivity contribution in [3.63, 3.8) is 0 Å². The first-order valence-electron chi connectivity index (χ1n) is 10.9. The summed E-state index contributed by atoms with van der Waals surface area (Å²) < 4.78 is 13.2. The van der Waals surface area contributed by atoms with Crippen molar-refractivity contribution in [2.24, 2.45) is 13.0 Å². The van der Waals surface area contributed by atoms with E-state index < -0.39 is 16.8 Å². The fourth-order valence-corrected chi connectivity index (χ4v) is 5.99. The number of ether oxygens (including phenoxy) is 2. The number of carbonyl (C=O) groups excluding carboxylic acids is 2. The highest BCUT2D eigenvalue weighted by molar-refractivity contribution is 8.01. The minimum absolute atomic E-state index is 0.0911. The highest BCUT2D eigenvalue weighted by Crippen LogP contribution is 2.46. The van der Waals surface area contributed by atoms with Gasteiger partial charge in [-0.25, -0.2) is 0 Å². The fourth-order valence-electron chi connectivity index (χ4n) is 4.76. The van der Waals surface area contributed by atoms with Gasteiger partial charge in [0.25, 0.3) is 0 Å². The summed E-state index contributed by atoms with van der Waals surface area (Å²) in [4.78, 5) is 26.3. The smallest absolute Gasteiger partial charge is 0.327 e. The molecule has 7 nitrogen and oxygen atoms in total. The standard InChI is InChI=1S/C23H28ClN3O4S/c1-14-25-26-22(27(14)2)32-20-18(28)13-23(31-21(20)29,16-6-4-5-7-16)11-10-15-8-9-19(30-3)17(24)12-15/h8-9,12,16,20H,4-7,10-11,13H2,1-3H3. The molecule has 0 radical (unpaired) electrons. The molecule has 1 aromatic heterocycles. The number of ketones is 1. The number of Topliss-reactive ketones (excluding diaryl/α,β-unsaturated/α-hetero) is 1. The van der Waals surface area contributed by atoms with Gasteiger partial charge in [-0.05, 0) is 56.2 Å². The molecule has 2 aliphatic rings. The van der Waals surface area contributed by atoms with Crippen LogP contribution in [-0.4, -0.2) is 44.5 Å². The van der Waals surface area contributed by atoms with E-state index in [0.29, 0.717) is 28.8 Å². The Balaban J connectivity index is 1.53. The molecule has 1 saturated carbocycles. The average molecular weight is 478 g/mol. The summed E-state index contributed by atoms with van der Waals surface area (Å²) >= 11 is 7.42. The Hall–Kier alpha value is -2.06. The van der Waals surface area contributed by atoms with E-state index in [2.05, 4.69) is 10.2 Å². The van der Waals surface area contributed by atoms with Gasteiger partial charge in [-0.3, -0.25) is 9.59 Å². The molecule has 0 N–H and O–H groups in total. The van der Waals surface area contributed by atoms with E-state index >= 15 is 0 Å². The lowest BCUT2D eigenvalue weighted by molar-refractivity contribution is -0.177. The molecule has 2 unspecified atom stereocenters. The second-order valence-corrected chi connectivity index (χ2v) is 10.1. The normalized spacial score (nSPS) is 24.1. The predicted molar refractivity (Wildman–Crippen MR) is 122 cm³/mol. The number of methoxy groups -OCH3 is 1. The van der Waals surface area contributed by atoms with Crippen LogP contribution in [0.5, 0.6) is 5.75 Å². The van der Waals surface area contributed by atoms with Gasteiger partial charge in [0, 0.05) is 13.5 Å². The summed E-state index contributed by atoms with van der Waals surface area (Å²) in [5.74, 6) is 0.993. The van der Waals surface area contributed by atoms with Crippen LogP contribution in [0.15, 0.2) is 23.4 Å². The van der Waals surface area contributed by atoms with Crippen LogP contribution in [0.2, 0.25) is 5.02 Å². The summed E-state index contributed by atoms with van der Waals surface area (Å²) in [6, 6.07) is 5.69. The van der Waals surface area contributed by atoms with Gasteiger partial charge in [-0.1, -0.05) is 42.3 Å². The summed E-state index contributed by atoms with van der Waals surface area (Å²) in [5.41, 5.74) is 0.270. The minimum atomic E-state index is -0.901. The third kappa shape index (κ3) is 4.53. The number of aryl methyl sites for hydroxylation is 2.